The van der Waals surface area contributed by atoms with Crippen molar-refractivity contribution >= 4 is 19.8 Å². The van der Waals surface area contributed by atoms with Crippen LogP contribution in [-0.4, -0.2) is 18.5 Å². The fourth-order valence-electron chi connectivity index (χ4n) is 0.524. The highest BCUT2D eigenvalue weighted by atomic mass is 31.2. The fourth-order valence-corrected chi connectivity index (χ4v) is 1.12. The van der Waals surface area contributed by atoms with Crippen molar-refractivity contribution in [1.82, 2.24) is 0 Å². The molecule has 21 heavy (non-hydrogen) atoms. The molecule has 0 aliphatic rings. The summed E-state index contributed by atoms with van der Waals surface area (Å²) in [6.07, 6.45) is 0.525. The van der Waals surface area contributed by atoms with Crippen molar-refractivity contribution in [2.75, 3.05) is 6.61 Å². The van der Waals surface area contributed by atoms with Gasteiger partial charge in [-0.2, -0.15) is 0 Å². The average molecular weight is 324 g/mol. The standard InChI is InChI=1S/C11H17O9P/c1-6-7-15-18-21(14,19-16-10(12)8(2)3)20-17-11(13)9(4)5/h2,4,6-7H2,1,3,5H3. The summed E-state index contributed by atoms with van der Waals surface area (Å²) in [5, 5.41) is 0. The summed E-state index contributed by atoms with van der Waals surface area (Å²) in [4.78, 5) is 35.0. The lowest BCUT2D eigenvalue weighted by Gasteiger charge is -2.13. The third-order valence-corrected chi connectivity index (χ3v) is 2.34. The van der Waals surface area contributed by atoms with E-state index in [1.54, 1.807) is 6.92 Å². The van der Waals surface area contributed by atoms with Gasteiger partial charge in [-0.1, -0.05) is 29.4 Å². The van der Waals surface area contributed by atoms with Crippen molar-refractivity contribution in [2.45, 2.75) is 27.2 Å². The van der Waals surface area contributed by atoms with Gasteiger partial charge in [0.2, 0.25) is 0 Å². The molecule has 0 heterocycles. The molecule has 0 amide bonds. The molecule has 0 spiro atoms. The summed E-state index contributed by atoms with van der Waals surface area (Å²) in [6.45, 7) is 11.0. The van der Waals surface area contributed by atoms with Gasteiger partial charge in [-0.15, -0.1) is 4.67 Å². The molecule has 0 aliphatic heterocycles. The maximum absolute atomic E-state index is 11.9. The molecule has 0 aromatic carbocycles. The van der Waals surface area contributed by atoms with E-state index in [2.05, 4.69) is 41.8 Å². The van der Waals surface area contributed by atoms with Crippen molar-refractivity contribution in [3.63, 3.8) is 0 Å². The first-order valence-corrected chi connectivity index (χ1v) is 7.21. The van der Waals surface area contributed by atoms with E-state index in [9.17, 15) is 14.2 Å². The first-order valence-electron chi connectivity index (χ1n) is 5.75. The largest absolute Gasteiger partial charge is 0.575 e. The Hall–Kier alpha value is -1.51. The highest BCUT2D eigenvalue weighted by Crippen LogP contribution is 2.50. The molecule has 0 N–H and O–H groups in total. The zero-order valence-corrected chi connectivity index (χ0v) is 12.8. The highest BCUT2D eigenvalue weighted by Gasteiger charge is 2.36. The van der Waals surface area contributed by atoms with Crippen LogP contribution in [0.1, 0.15) is 27.2 Å². The number of carbonyl (C=O) groups excluding carboxylic acids is 2. The third-order valence-electron chi connectivity index (χ3n) is 1.54. The Morgan fingerprint density at radius 3 is 1.71 bits per heavy atom. The van der Waals surface area contributed by atoms with Crippen molar-refractivity contribution in [3.05, 3.63) is 24.3 Å². The Labute approximate surface area is 121 Å². The minimum Gasteiger partial charge on any atom is -0.283 e. The summed E-state index contributed by atoms with van der Waals surface area (Å²) < 4.78 is 24.7. The van der Waals surface area contributed by atoms with Crippen molar-refractivity contribution in [3.8, 4) is 0 Å². The minimum absolute atomic E-state index is 0.0324. The first-order chi connectivity index (χ1) is 9.72. The molecule has 0 bridgehead atoms. The van der Waals surface area contributed by atoms with Crippen LogP contribution in [0.3, 0.4) is 0 Å². The number of phosphoric acid groups is 1. The van der Waals surface area contributed by atoms with Crippen LogP contribution in [0.15, 0.2) is 24.3 Å². The molecule has 120 valence electrons. The fraction of sp³-hybridized carbons (Fsp3) is 0.455. The average Bonchev–Trinajstić information content (AvgIpc) is 2.42. The maximum atomic E-state index is 11.9. The van der Waals surface area contributed by atoms with Gasteiger partial charge in [0.1, 0.15) is 0 Å². The monoisotopic (exact) mass is 324 g/mol. The van der Waals surface area contributed by atoms with Crippen LogP contribution in [-0.2, 0) is 42.8 Å². The molecule has 0 aromatic heterocycles. The zero-order chi connectivity index (χ0) is 16.5. The van der Waals surface area contributed by atoms with Gasteiger partial charge in [-0.25, -0.2) is 19.0 Å². The van der Waals surface area contributed by atoms with Gasteiger partial charge >= 0.3 is 19.8 Å². The molecule has 0 atom stereocenters. The van der Waals surface area contributed by atoms with E-state index in [1.165, 1.54) is 13.8 Å². The second kappa shape index (κ2) is 9.43. The van der Waals surface area contributed by atoms with E-state index >= 15 is 0 Å². The Bertz CT molecular complexity index is 423. The number of carbonyl (C=O) groups is 2. The third kappa shape index (κ3) is 8.38. The molecule has 0 saturated heterocycles. The lowest BCUT2D eigenvalue weighted by atomic mass is 10.4. The van der Waals surface area contributed by atoms with Crippen molar-refractivity contribution in [1.29, 1.82) is 0 Å². The van der Waals surface area contributed by atoms with Gasteiger partial charge in [-0.3, -0.25) is 9.78 Å². The summed E-state index contributed by atoms with van der Waals surface area (Å²) in [6, 6.07) is 0. The molecule has 9 nitrogen and oxygen atoms in total. The van der Waals surface area contributed by atoms with Crippen molar-refractivity contribution < 1.29 is 42.8 Å². The topological polar surface area (TPSA) is 107 Å². The quantitative estimate of drug-likeness (QED) is 0.197. The maximum Gasteiger partial charge on any atom is 0.575 e. The van der Waals surface area contributed by atoms with Crippen LogP contribution in [0, 0.1) is 0 Å². The zero-order valence-electron chi connectivity index (χ0n) is 11.9. The molecule has 0 aromatic rings. The summed E-state index contributed by atoms with van der Waals surface area (Å²) >= 11 is 0. The predicted octanol–water partition coefficient (Wildman–Crippen LogP) is 2.55. The van der Waals surface area contributed by atoms with Crippen LogP contribution in [0.5, 0.6) is 0 Å². The van der Waals surface area contributed by atoms with Crippen molar-refractivity contribution in [2.24, 2.45) is 0 Å². The summed E-state index contributed by atoms with van der Waals surface area (Å²) in [5.41, 5.74) is -0.0649. The first kappa shape index (κ1) is 19.5. The second-order valence-electron chi connectivity index (χ2n) is 3.80. The van der Waals surface area contributed by atoms with Crippen LogP contribution in [0.4, 0.5) is 0 Å². The molecule has 0 saturated carbocycles. The normalized spacial score (nSPS) is 10.8. The molecule has 0 radical (unpaired) electrons. The Morgan fingerprint density at radius 2 is 1.38 bits per heavy atom. The van der Waals surface area contributed by atoms with E-state index in [1.807, 2.05) is 0 Å². The predicted molar refractivity (Wildman–Crippen MR) is 68.9 cm³/mol. The SMILES string of the molecule is C=C(C)C(=O)OOP(=O)(OOCCC)OOC(=O)C(=C)C. The molecular formula is C11H17O9P. The molecule has 10 heteroatoms. The van der Waals surface area contributed by atoms with Gasteiger partial charge in [0.15, 0.2) is 0 Å². The minimum atomic E-state index is -4.63. The summed E-state index contributed by atoms with van der Waals surface area (Å²) in [7, 11) is -4.63. The highest BCUT2D eigenvalue weighted by molar-refractivity contribution is 7.48. The Kier molecular flexibility index (Phi) is 8.75. The Balaban J connectivity index is 4.63. The van der Waals surface area contributed by atoms with Crippen LogP contribution in [0.2, 0.25) is 0 Å². The molecular weight excluding hydrogens is 307 g/mol. The number of rotatable bonds is 10. The van der Waals surface area contributed by atoms with Gasteiger partial charge in [0.05, 0.1) is 6.61 Å². The van der Waals surface area contributed by atoms with Crippen LogP contribution >= 0.6 is 7.82 Å². The molecule has 0 rings (SSSR count). The van der Waals surface area contributed by atoms with E-state index in [0.29, 0.717) is 6.42 Å². The molecule has 0 unspecified atom stereocenters. The van der Waals surface area contributed by atoms with E-state index in [0.717, 1.165) is 0 Å². The van der Waals surface area contributed by atoms with Gasteiger partial charge in [0.25, 0.3) is 0 Å². The van der Waals surface area contributed by atoms with Gasteiger partial charge < -0.3 is 0 Å². The van der Waals surface area contributed by atoms with E-state index in [-0.39, 0.29) is 17.8 Å². The van der Waals surface area contributed by atoms with Crippen LogP contribution < -0.4 is 0 Å². The lowest BCUT2D eigenvalue weighted by molar-refractivity contribution is -0.304. The second-order valence-corrected chi connectivity index (χ2v) is 5.14. The smallest absolute Gasteiger partial charge is 0.283 e. The Morgan fingerprint density at radius 1 is 0.952 bits per heavy atom. The van der Waals surface area contributed by atoms with Gasteiger partial charge in [-0.05, 0) is 20.3 Å². The molecule has 0 aliphatic carbocycles. The lowest BCUT2D eigenvalue weighted by Crippen LogP contribution is -2.11. The van der Waals surface area contributed by atoms with E-state index in [4.69, 9.17) is 0 Å². The number of hydrogen-bond donors (Lipinski definition) is 0. The summed E-state index contributed by atoms with van der Waals surface area (Å²) in [5.74, 6) is -2.05. The van der Waals surface area contributed by atoms with Crippen LogP contribution in [0.25, 0.3) is 0 Å². The number of hydrogen-bond acceptors (Lipinski definition) is 9. The molecule has 0 fully saturated rings. The van der Waals surface area contributed by atoms with Gasteiger partial charge in [0, 0.05) is 11.1 Å². The van der Waals surface area contributed by atoms with E-state index < -0.39 is 19.8 Å².